The van der Waals surface area contributed by atoms with Gasteiger partial charge in [-0.15, -0.1) is 0 Å². The van der Waals surface area contributed by atoms with E-state index in [1.165, 1.54) is 5.56 Å². The number of carbonyl (C=O) groups is 1. The van der Waals surface area contributed by atoms with Crippen LogP contribution in [0.2, 0.25) is 0 Å². The Morgan fingerprint density at radius 2 is 1.96 bits per heavy atom. The van der Waals surface area contributed by atoms with Gasteiger partial charge in [0.2, 0.25) is 5.91 Å². The first-order valence-corrected chi connectivity index (χ1v) is 9.23. The number of carbonyl (C=O) groups excluding carboxylic acids is 1. The van der Waals surface area contributed by atoms with Gasteiger partial charge in [-0.2, -0.15) is 0 Å². The van der Waals surface area contributed by atoms with E-state index in [9.17, 15) is 4.79 Å². The summed E-state index contributed by atoms with van der Waals surface area (Å²) in [5, 5.41) is 2.98. The molecule has 0 saturated carbocycles. The SMILES string of the molecule is Cc1ccc(-c2cn3c(n2)CO[C@@H](CNC(=O)Cc2ccccc2)C3)cc1. The fourth-order valence-electron chi connectivity index (χ4n) is 3.25. The smallest absolute Gasteiger partial charge is 0.224 e. The van der Waals surface area contributed by atoms with Crippen LogP contribution in [-0.4, -0.2) is 28.1 Å². The molecule has 3 aromatic rings. The molecule has 0 radical (unpaired) electrons. The van der Waals surface area contributed by atoms with Gasteiger partial charge in [0.25, 0.3) is 0 Å². The summed E-state index contributed by atoms with van der Waals surface area (Å²) in [7, 11) is 0. The van der Waals surface area contributed by atoms with E-state index in [2.05, 4.69) is 52.3 Å². The molecule has 2 aromatic carbocycles. The minimum absolute atomic E-state index is 0.0153. The van der Waals surface area contributed by atoms with Crippen LogP contribution in [0.3, 0.4) is 0 Å². The molecular formula is C22H23N3O2. The van der Waals surface area contributed by atoms with Gasteiger partial charge in [-0.05, 0) is 12.5 Å². The number of ether oxygens (including phenoxy) is 1. The Morgan fingerprint density at radius 1 is 1.19 bits per heavy atom. The van der Waals surface area contributed by atoms with Crippen molar-refractivity contribution in [2.24, 2.45) is 0 Å². The van der Waals surface area contributed by atoms with Gasteiger partial charge in [-0.1, -0.05) is 60.2 Å². The zero-order chi connectivity index (χ0) is 18.6. The number of nitrogens with zero attached hydrogens (tertiary/aromatic N) is 2. The Morgan fingerprint density at radius 3 is 2.74 bits per heavy atom. The summed E-state index contributed by atoms with van der Waals surface area (Å²) in [4.78, 5) is 16.8. The quantitative estimate of drug-likeness (QED) is 0.760. The first-order valence-electron chi connectivity index (χ1n) is 9.23. The average molecular weight is 361 g/mol. The second-order valence-corrected chi connectivity index (χ2v) is 6.96. The van der Waals surface area contributed by atoms with E-state index < -0.39 is 0 Å². The van der Waals surface area contributed by atoms with E-state index in [1.54, 1.807) is 0 Å². The van der Waals surface area contributed by atoms with E-state index in [0.29, 0.717) is 26.1 Å². The van der Waals surface area contributed by atoms with Crippen molar-refractivity contribution in [1.29, 1.82) is 0 Å². The minimum Gasteiger partial charge on any atom is -0.367 e. The van der Waals surface area contributed by atoms with Gasteiger partial charge in [0, 0.05) is 18.3 Å². The highest BCUT2D eigenvalue weighted by Gasteiger charge is 2.21. The van der Waals surface area contributed by atoms with Crippen molar-refractivity contribution in [1.82, 2.24) is 14.9 Å². The van der Waals surface area contributed by atoms with Crippen LogP contribution in [0.25, 0.3) is 11.3 Å². The monoisotopic (exact) mass is 361 g/mol. The molecule has 0 aliphatic carbocycles. The molecule has 1 aliphatic heterocycles. The number of hydrogen-bond donors (Lipinski definition) is 1. The number of fused-ring (bicyclic) bond motifs is 1. The van der Waals surface area contributed by atoms with Crippen LogP contribution in [0.4, 0.5) is 0 Å². The van der Waals surface area contributed by atoms with Crippen LogP contribution >= 0.6 is 0 Å². The molecular weight excluding hydrogens is 338 g/mol. The highest BCUT2D eigenvalue weighted by Crippen LogP contribution is 2.22. The maximum Gasteiger partial charge on any atom is 0.224 e. The summed E-state index contributed by atoms with van der Waals surface area (Å²) in [5.74, 6) is 0.944. The maximum absolute atomic E-state index is 12.1. The Bertz CT molecular complexity index is 916. The maximum atomic E-state index is 12.1. The highest BCUT2D eigenvalue weighted by atomic mass is 16.5. The van der Waals surface area contributed by atoms with E-state index >= 15 is 0 Å². The lowest BCUT2D eigenvalue weighted by Gasteiger charge is -2.24. The molecule has 27 heavy (non-hydrogen) atoms. The molecule has 4 rings (SSSR count). The summed E-state index contributed by atoms with van der Waals surface area (Å²) in [6, 6.07) is 18.1. The lowest BCUT2D eigenvalue weighted by molar-refractivity contribution is -0.121. The van der Waals surface area contributed by atoms with Gasteiger partial charge in [0.1, 0.15) is 12.4 Å². The summed E-state index contributed by atoms with van der Waals surface area (Å²) < 4.78 is 8.01. The molecule has 1 N–H and O–H groups in total. The average Bonchev–Trinajstić information content (AvgIpc) is 3.11. The predicted octanol–water partition coefficient (Wildman–Crippen LogP) is 3.12. The number of benzene rings is 2. The fraction of sp³-hybridized carbons (Fsp3) is 0.273. The fourth-order valence-corrected chi connectivity index (χ4v) is 3.25. The summed E-state index contributed by atoms with van der Waals surface area (Å²) in [6.07, 6.45) is 2.42. The van der Waals surface area contributed by atoms with Crippen molar-refractivity contribution in [3.8, 4) is 11.3 Å². The Balaban J connectivity index is 1.34. The third-order valence-electron chi connectivity index (χ3n) is 4.79. The zero-order valence-corrected chi connectivity index (χ0v) is 15.4. The number of amides is 1. The van der Waals surface area contributed by atoms with Crippen LogP contribution in [0.15, 0.2) is 60.8 Å². The van der Waals surface area contributed by atoms with Gasteiger partial charge < -0.3 is 14.6 Å². The minimum atomic E-state index is -0.0442. The van der Waals surface area contributed by atoms with Gasteiger partial charge in [-0.3, -0.25) is 4.79 Å². The number of aromatic nitrogens is 2. The number of imidazole rings is 1. The Kier molecular flexibility index (Phi) is 5.03. The first kappa shape index (κ1) is 17.5. The van der Waals surface area contributed by atoms with E-state index in [-0.39, 0.29) is 12.0 Å². The summed E-state index contributed by atoms with van der Waals surface area (Å²) in [5.41, 5.74) is 4.31. The largest absolute Gasteiger partial charge is 0.367 e. The standard InChI is InChI=1S/C22H23N3O2/c1-16-7-9-18(10-8-16)20-14-25-13-19(27-15-21(25)24-20)12-23-22(26)11-17-5-3-2-4-6-17/h2-10,14,19H,11-13,15H2,1H3,(H,23,26)/t19-/m0/s1. The lowest BCUT2D eigenvalue weighted by atomic mass is 10.1. The van der Waals surface area contributed by atoms with Crippen LogP contribution in [-0.2, 0) is 29.1 Å². The molecule has 5 heteroatoms. The molecule has 1 amide bonds. The van der Waals surface area contributed by atoms with Crippen molar-refractivity contribution >= 4 is 5.91 Å². The van der Waals surface area contributed by atoms with Crippen molar-refractivity contribution in [2.45, 2.75) is 32.6 Å². The Hall–Kier alpha value is -2.92. The normalized spacial score (nSPS) is 16.0. The second kappa shape index (κ2) is 7.76. The molecule has 1 aliphatic rings. The second-order valence-electron chi connectivity index (χ2n) is 6.96. The molecule has 0 unspecified atom stereocenters. The number of rotatable bonds is 5. The Labute approximate surface area is 159 Å². The summed E-state index contributed by atoms with van der Waals surface area (Å²) in [6.45, 7) is 3.74. The number of hydrogen-bond acceptors (Lipinski definition) is 3. The van der Waals surface area contributed by atoms with Crippen molar-refractivity contribution < 1.29 is 9.53 Å². The lowest BCUT2D eigenvalue weighted by Crippen LogP contribution is -2.39. The van der Waals surface area contributed by atoms with Crippen LogP contribution in [0.5, 0.6) is 0 Å². The number of nitrogens with one attached hydrogen (secondary N) is 1. The van der Waals surface area contributed by atoms with Gasteiger partial charge >= 0.3 is 0 Å². The molecule has 1 atom stereocenters. The van der Waals surface area contributed by atoms with Crippen molar-refractivity contribution in [3.05, 3.63) is 77.7 Å². The van der Waals surface area contributed by atoms with E-state index in [1.807, 2.05) is 30.3 Å². The molecule has 1 aromatic heterocycles. The van der Waals surface area contributed by atoms with Crippen molar-refractivity contribution in [3.63, 3.8) is 0 Å². The molecule has 0 bridgehead atoms. The highest BCUT2D eigenvalue weighted by molar-refractivity contribution is 5.78. The first-order chi connectivity index (χ1) is 13.2. The van der Waals surface area contributed by atoms with E-state index in [4.69, 9.17) is 4.74 Å². The van der Waals surface area contributed by atoms with E-state index in [0.717, 1.165) is 22.6 Å². The van der Waals surface area contributed by atoms with Gasteiger partial charge in [-0.25, -0.2) is 4.98 Å². The van der Waals surface area contributed by atoms with Crippen LogP contribution in [0.1, 0.15) is 17.0 Å². The topological polar surface area (TPSA) is 56.1 Å². The molecule has 0 fully saturated rings. The van der Waals surface area contributed by atoms with Crippen molar-refractivity contribution in [2.75, 3.05) is 6.54 Å². The molecule has 5 nitrogen and oxygen atoms in total. The molecule has 0 spiro atoms. The predicted molar refractivity (Wildman–Crippen MR) is 104 cm³/mol. The van der Waals surface area contributed by atoms with Crippen LogP contribution < -0.4 is 5.32 Å². The third kappa shape index (κ3) is 4.26. The molecule has 138 valence electrons. The third-order valence-corrected chi connectivity index (χ3v) is 4.79. The van der Waals surface area contributed by atoms with Gasteiger partial charge in [0.15, 0.2) is 0 Å². The number of aryl methyl sites for hydroxylation is 1. The van der Waals surface area contributed by atoms with Gasteiger partial charge in [0.05, 0.1) is 24.8 Å². The van der Waals surface area contributed by atoms with Crippen LogP contribution in [0, 0.1) is 6.92 Å². The zero-order valence-electron chi connectivity index (χ0n) is 15.4. The summed E-state index contributed by atoms with van der Waals surface area (Å²) >= 11 is 0. The molecule has 0 saturated heterocycles. The molecule has 2 heterocycles.